The fraction of sp³-hybridized carbons (Fsp3) is 0.737. The van der Waals surface area contributed by atoms with Crippen LogP contribution in [-0.2, 0) is 14.3 Å². The molecule has 0 amide bonds. The minimum atomic E-state index is -1.09. The van der Waals surface area contributed by atoms with Crippen molar-refractivity contribution in [2.45, 2.75) is 46.3 Å². The van der Waals surface area contributed by atoms with Crippen molar-refractivity contribution in [1.82, 2.24) is 0 Å². The number of carbonyl (C=O) groups is 1. The molecule has 6 atom stereocenters. The molecule has 122 valence electrons. The molecule has 0 N–H and O–H groups in total. The fourth-order valence-electron chi connectivity index (χ4n) is 5.77. The Kier molecular flexibility index (Phi) is 3.29. The first kappa shape index (κ1) is 15.9. The molecule has 3 heteroatoms. The van der Waals surface area contributed by atoms with Gasteiger partial charge in [0.2, 0.25) is 5.79 Å². The van der Waals surface area contributed by atoms with Crippen LogP contribution in [0.3, 0.4) is 0 Å². The molecule has 3 aliphatic carbocycles. The molecular formula is C19H28O3. The molecule has 4 aliphatic rings. The molecule has 0 spiro atoms. The third kappa shape index (κ3) is 1.31. The summed E-state index contributed by atoms with van der Waals surface area (Å²) in [4.78, 5) is 13.6. The molecule has 1 unspecified atom stereocenters. The monoisotopic (exact) mass is 304 g/mol. The van der Waals surface area contributed by atoms with Crippen molar-refractivity contribution in [3.63, 3.8) is 0 Å². The van der Waals surface area contributed by atoms with Crippen LogP contribution < -0.4 is 0 Å². The van der Waals surface area contributed by atoms with Crippen molar-refractivity contribution in [2.75, 3.05) is 13.7 Å². The van der Waals surface area contributed by atoms with Crippen LogP contribution in [0.5, 0.6) is 0 Å². The second kappa shape index (κ2) is 4.55. The van der Waals surface area contributed by atoms with Crippen molar-refractivity contribution in [3.05, 3.63) is 24.8 Å². The Bertz CT molecular complexity index is 553. The minimum Gasteiger partial charge on any atom is -0.347 e. The van der Waals surface area contributed by atoms with E-state index in [4.69, 9.17) is 9.47 Å². The van der Waals surface area contributed by atoms with Gasteiger partial charge in [-0.15, -0.1) is 6.58 Å². The maximum absolute atomic E-state index is 13.6. The highest BCUT2D eigenvalue weighted by Gasteiger charge is 2.83. The van der Waals surface area contributed by atoms with Gasteiger partial charge in [-0.25, -0.2) is 0 Å². The minimum absolute atomic E-state index is 0.0983. The van der Waals surface area contributed by atoms with Crippen molar-refractivity contribution in [3.8, 4) is 0 Å². The summed E-state index contributed by atoms with van der Waals surface area (Å²) < 4.78 is 11.9. The van der Waals surface area contributed by atoms with Gasteiger partial charge in [0.05, 0.1) is 6.61 Å². The number of hydrogen-bond donors (Lipinski definition) is 0. The topological polar surface area (TPSA) is 35.5 Å². The van der Waals surface area contributed by atoms with Gasteiger partial charge in [-0.05, 0) is 31.6 Å². The molecule has 4 fully saturated rings. The second-order valence-corrected chi connectivity index (χ2v) is 7.76. The summed E-state index contributed by atoms with van der Waals surface area (Å²) in [5.41, 5.74) is -0.842. The normalized spacial score (nSPS) is 51.5. The lowest BCUT2D eigenvalue weighted by atomic mass is 9.36. The van der Waals surface area contributed by atoms with Gasteiger partial charge < -0.3 is 9.47 Å². The predicted molar refractivity (Wildman–Crippen MR) is 86.2 cm³/mol. The summed E-state index contributed by atoms with van der Waals surface area (Å²) in [5, 5.41) is 0. The molecule has 0 aromatic heterocycles. The Hall–Kier alpha value is -0.930. The molecule has 1 aliphatic heterocycles. The first-order chi connectivity index (χ1) is 10.3. The zero-order valence-corrected chi connectivity index (χ0v) is 14.4. The molecular weight excluding hydrogens is 276 g/mol. The summed E-state index contributed by atoms with van der Waals surface area (Å²) in [6.07, 6.45) is 8.07. The average Bonchev–Trinajstić information content (AvgIpc) is 2.72. The van der Waals surface area contributed by atoms with Crippen molar-refractivity contribution >= 4 is 5.78 Å². The van der Waals surface area contributed by atoms with Crippen molar-refractivity contribution in [1.29, 1.82) is 0 Å². The van der Waals surface area contributed by atoms with Crippen LogP contribution in [0.1, 0.15) is 40.5 Å². The van der Waals surface area contributed by atoms with Crippen molar-refractivity contribution < 1.29 is 14.3 Å². The van der Waals surface area contributed by atoms with Gasteiger partial charge in [0, 0.05) is 23.4 Å². The molecule has 0 aromatic carbocycles. The van der Waals surface area contributed by atoms with Crippen LogP contribution in [0.4, 0.5) is 0 Å². The average molecular weight is 304 g/mol. The number of ether oxygens (including phenoxy) is 2. The van der Waals surface area contributed by atoms with E-state index in [0.29, 0.717) is 6.61 Å². The summed E-state index contributed by atoms with van der Waals surface area (Å²) >= 11 is 0. The molecule has 1 saturated heterocycles. The van der Waals surface area contributed by atoms with E-state index in [1.807, 2.05) is 13.0 Å². The van der Waals surface area contributed by atoms with Crippen molar-refractivity contribution in [2.24, 2.45) is 28.1 Å². The number of carbonyl (C=O) groups excluding carboxylic acids is 1. The second-order valence-electron chi connectivity index (χ2n) is 7.76. The van der Waals surface area contributed by atoms with E-state index in [0.717, 1.165) is 12.8 Å². The first-order valence-electron chi connectivity index (χ1n) is 8.30. The number of allylic oxidation sites excluding steroid dienone is 3. The zero-order chi connectivity index (χ0) is 16.4. The van der Waals surface area contributed by atoms with Gasteiger partial charge in [0.1, 0.15) is 0 Å². The molecule has 4 bridgehead atoms. The highest BCUT2D eigenvalue weighted by molar-refractivity contribution is 5.96. The number of rotatable bonds is 4. The molecule has 22 heavy (non-hydrogen) atoms. The predicted octanol–water partition coefficient (Wildman–Crippen LogP) is 3.75. The Morgan fingerprint density at radius 3 is 2.64 bits per heavy atom. The molecule has 0 aromatic rings. The Balaban J connectivity index is 2.31. The molecule has 4 rings (SSSR count). The van der Waals surface area contributed by atoms with E-state index >= 15 is 0 Å². The fourth-order valence-corrected chi connectivity index (χ4v) is 5.77. The van der Waals surface area contributed by atoms with E-state index in [-0.39, 0.29) is 28.4 Å². The smallest absolute Gasteiger partial charge is 0.235 e. The van der Waals surface area contributed by atoms with E-state index in [1.54, 1.807) is 7.11 Å². The van der Waals surface area contributed by atoms with Crippen LogP contribution in [0, 0.1) is 28.1 Å². The SMILES string of the molecule is C=CC(C)[C@@]12CC[C@@]3(C)[C@](OC)(OC[C@@]3(C)[C@H]1/C=C/C)C2=O. The van der Waals surface area contributed by atoms with E-state index in [2.05, 4.69) is 39.5 Å². The Labute approximate surface area is 133 Å². The lowest BCUT2D eigenvalue weighted by Crippen LogP contribution is -2.74. The molecule has 1 heterocycles. The lowest BCUT2D eigenvalue weighted by Gasteiger charge is -2.66. The maximum Gasteiger partial charge on any atom is 0.235 e. The van der Waals surface area contributed by atoms with Crippen LogP contribution in [0.15, 0.2) is 24.8 Å². The van der Waals surface area contributed by atoms with Gasteiger partial charge in [0.15, 0.2) is 5.78 Å². The number of hydrogen-bond acceptors (Lipinski definition) is 3. The highest BCUT2D eigenvalue weighted by atomic mass is 16.7. The van der Waals surface area contributed by atoms with Gasteiger partial charge in [0.25, 0.3) is 0 Å². The van der Waals surface area contributed by atoms with Crippen LogP contribution in [0.25, 0.3) is 0 Å². The molecule has 0 radical (unpaired) electrons. The number of methoxy groups -OCH3 is 1. The van der Waals surface area contributed by atoms with Gasteiger partial charge in [-0.3, -0.25) is 4.79 Å². The maximum atomic E-state index is 13.6. The standard InChI is InChI=1S/C19H28O3/c1-7-9-14-16(4)12-22-19(21-6)15(20)18(14,13(3)8-2)11-10-17(16,19)5/h7-9,13-14H,2,10-12H2,1,3-6H3/b9-7+/t13?,14-,16+,17-,18+,19-/m1/s1. The van der Waals surface area contributed by atoms with Gasteiger partial charge >= 0.3 is 0 Å². The summed E-state index contributed by atoms with van der Waals surface area (Å²) in [6.45, 7) is 13.1. The quantitative estimate of drug-likeness (QED) is 0.742. The van der Waals surface area contributed by atoms with E-state index < -0.39 is 11.2 Å². The molecule has 3 nitrogen and oxygen atoms in total. The number of Topliss-reactive ketones (excluding diaryl/α,β-unsaturated/α-hetero) is 1. The van der Waals surface area contributed by atoms with E-state index in [1.165, 1.54) is 0 Å². The van der Waals surface area contributed by atoms with Gasteiger partial charge in [-0.2, -0.15) is 0 Å². The lowest BCUT2D eigenvalue weighted by molar-refractivity contribution is -0.279. The number of fused-ring (bicyclic) bond motifs is 1. The van der Waals surface area contributed by atoms with Gasteiger partial charge in [-0.1, -0.05) is 39.0 Å². The first-order valence-corrected chi connectivity index (χ1v) is 8.30. The highest BCUT2D eigenvalue weighted by Crippen LogP contribution is 2.76. The zero-order valence-electron chi connectivity index (χ0n) is 14.4. The molecule has 3 saturated carbocycles. The third-order valence-electron chi connectivity index (χ3n) is 7.40. The van der Waals surface area contributed by atoms with E-state index in [9.17, 15) is 4.79 Å². The van der Waals surface area contributed by atoms with Crippen LogP contribution in [-0.4, -0.2) is 25.3 Å². The third-order valence-corrected chi connectivity index (χ3v) is 7.40. The summed E-state index contributed by atoms with van der Waals surface area (Å²) in [7, 11) is 1.62. The van der Waals surface area contributed by atoms with Crippen LogP contribution >= 0.6 is 0 Å². The largest absolute Gasteiger partial charge is 0.347 e. The summed E-state index contributed by atoms with van der Waals surface area (Å²) in [6, 6.07) is 0. The Morgan fingerprint density at radius 2 is 2.09 bits per heavy atom. The van der Waals surface area contributed by atoms with Crippen LogP contribution in [0.2, 0.25) is 0 Å². The summed E-state index contributed by atoms with van der Waals surface area (Å²) in [5.74, 6) is -0.701. The number of ketones is 1. The Morgan fingerprint density at radius 1 is 1.41 bits per heavy atom.